The maximum Gasteiger partial charge on any atom is 0.319 e. The van der Waals surface area contributed by atoms with E-state index in [4.69, 9.17) is 24.2 Å². The van der Waals surface area contributed by atoms with Crippen LogP contribution in [0.4, 0.5) is 14.6 Å². The van der Waals surface area contributed by atoms with Gasteiger partial charge in [-0.15, -0.1) is 0 Å². The van der Waals surface area contributed by atoms with E-state index >= 15 is 8.78 Å². The molecule has 3 saturated heterocycles. The van der Waals surface area contributed by atoms with Gasteiger partial charge in [-0.3, -0.25) is 9.88 Å². The van der Waals surface area contributed by atoms with Gasteiger partial charge < -0.3 is 19.1 Å². The Morgan fingerprint density at radius 3 is 2.60 bits per heavy atom. The highest BCUT2D eigenvalue weighted by Gasteiger charge is 2.45. The van der Waals surface area contributed by atoms with E-state index in [1.54, 1.807) is 18.3 Å². The van der Waals surface area contributed by atoms with Gasteiger partial charge in [0.15, 0.2) is 12.6 Å². The molecule has 0 saturated carbocycles. The van der Waals surface area contributed by atoms with Gasteiger partial charge in [0, 0.05) is 32.0 Å². The molecule has 0 N–H and O–H groups in total. The lowest BCUT2D eigenvalue weighted by Crippen LogP contribution is -2.43. The Morgan fingerprint density at radius 1 is 1.02 bits per heavy atom. The van der Waals surface area contributed by atoms with E-state index in [1.165, 1.54) is 13.2 Å². The van der Waals surface area contributed by atoms with Gasteiger partial charge in [0.05, 0.1) is 10.9 Å². The third-order valence-corrected chi connectivity index (χ3v) is 9.97. The molecule has 0 bridgehead atoms. The molecule has 4 aromatic rings. The number of methoxy groups -OCH3 is 1. The molecule has 45 heavy (non-hydrogen) atoms. The van der Waals surface area contributed by atoms with E-state index in [0.29, 0.717) is 52.4 Å². The van der Waals surface area contributed by atoms with Crippen molar-refractivity contribution >= 4 is 27.5 Å². The first-order chi connectivity index (χ1) is 21.9. The van der Waals surface area contributed by atoms with Crippen LogP contribution in [0.5, 0.6) is 11.8 Å². The van der Waals surface area contributed by atoms with Crippen molar-refractivity contribution in [2.75, 3.05) is 51.6 Å². The lowest BCUT2D eigenvalue weighted by Gasteiger charge is -2.33. The number of piperidine rings is 1. The summed E-state index contributed by atoms with van der Waals surface area (Å²) in [6, 6.07) is 6.82. The number of ether oxygens (including phenoxy) is 3. The number of anilines is 1. The largest absolute Gasteiger partial charge is 0.468 e. The molecule has 5 heterocycles. The zero-order chi connectivity index (χ0) is 31.1. The molecule has 7 rings (SSSR count). The van der Waals surface area contributed by atoms with Gasteiger partial charge in [0.25, 0.3) is 0 Å². The number of aromatic nitrogens is 3. The second-order valence-electron chi connectivity index (χ2n) is 12.9. The van der Waals surface area contributed by atoms with Crippen LogP contribution in [0.25, 0.3) is 32.9 Å². The van der Waals surface area contributed by atoms with Gasteiger partial charge in [0.2, 0.25) is 0 Å². The molecule has 3 fully saturated rings. The molecule has 3 aliphatic heterocycles. The number of hydrogen-bond donors (Lipinski definition) is 0. The molecule has 8 nitrogen and oxygen atoms in total. The Balaban J connectivity index is 1.38. The highest BCUT2D eigenvalue weighted by Crippen LogP contribution is 2.41. The summed E-state index contributed by atoms with van der Waals surface area (Å²) in [5, 5.41) is 1.87. The van der Waals surface area contributed by atoms with E-state index in [1.807, 2.05) is 13.0 Å². The van der Waals surface area contributed by atoms with Gasteiger partial charge in [0.1, 0.15) is 35.2 Å². The number of aryl methyl sites for hydroxylation is 1. The number of halogens is 2. The zero-order valence-electron chi connectivity index (χ0n) is 26.4. The molecule has 2 aromatic heterocycles. The van der Waals surface area contributed by atoms with Gasteiger partial charge in [-0.25, -0.2) is 8.78 Å². The topological polar surface area (TPSA) is 72.8 Å². The first kappa shape index (κ1) is 30.0. The Bertz CT molecular complexity index is 1720. The summed E-state index contributed by atoms with van der Waals surface area (Å²) < 4.78 is 49.4. The summed E-state index contributed by atoms with van der Waals surface area (Å²) in [6.45, 7) is 8.43. The first-order valence-electron chi connectivity index (χ1n) is 16.3. The van der Waals surface area contributed by atoms with Crippen LogP contribution in [0.15, 0.2) is 30.5 Å². The monoisotopic (exact) mass is 617 g/mol. The smallest absolute Gasteiger partial charge is 0.319 e. The summed E-state index contributed by atoms with van der Waals surface area (Å²) in [4.78, 5) is 19.0. The third-order valence-electron chi connectivity index (χ3n) is 9.97. The van der Waals surface area contributed by atoms with E-state index in [0.717, 1.165) is 70.1 Å². The van der Waals surface area contributed by atoms with E-state index in [2.05, 4.69) is 21.7 Å². The van der Waals surface area contributed by atoms with Crippen LogP contribution < -0.4 is 14.4 Å². The number of nitrogens with zero attached hydrogens (tertiary/aromatic N) is 5. The predicted molar refractivity (Wildman–Crippen MR) is 171 cm³/mol. The minimum absolute atomic E-state index is 0.00223. The molecule has 2 aromatic carbocycles. The second kappa shape index (κ2) is 12.3. The summed E-state index contributed by atoms with van der Waals surface area (Å²) in [6.07, 6.45) is 8.74. The van der Waals surface area contributed by atoms with Crippen molar-refractivity contribution in [2.24, 2.45) is 5.92 Å². The SMILES string of the molecule is CCc1c(F)ccc2cc(OCOC)cc(-c3ncc4c(N5CCC[C@@H](C)C5)nc(OCC56CCCN5CCC6)nc4c3F)c12. The summed E-state index contributed by atoms with van der Waals surface area (Å²) in [5.74, 6) is 0.669. The minimum Gasteiger partial charge on any atom is -0.468 e. The lowest BCUT2D eigenvalue weighted by atomic mass is 9.94. The fraction of sp³-hybridized carbons (Fsp3) is 0.514. The molecule has 1 atom stereocenters. The molecule has 10 heteroatoms. The van der Waals surface area contributed by atoms with Crippen LogP contribution in [-0.4, -0.2) is 72.1 Å². The van der Waals surface area contributed by atoms with Crippen molar-refractivity contribution in [3.05, 3.63) is 47.7 Å². The normalized spacial score (nSPS) is 19.8. The summed E-state index contributed by atoms with van der Waals surface area (Å²) >= 11 is 0. The zero-order valence-corrected chi connectivity index (χ0v) is 26.4. The highest BCUT2D eigenvalue weighted by atomic mass is 19.1. The van der Waals surface area contributed by atoms with Crippen molar-refractivity contribution in [3.8, 4) is 23.0 Å². The van der Waals surface area contributed by atoms with Crippen molar-refractivity contribution < 1.29 is 23.0 Å². The van der Waals surface area contributed by atoms with Gasteiger partial charge in [-0.05, 0) is 98.5 Å². The fourth-order valence-electron chi connectivity index (χ4n) is 7.79. The quantitative estimate of drug-likeness (QED) is 0.188. The van der Waals surface area contributed by atoms with E-state index in [-0.39, 0.29) is 35.4 Å². The van der Waals surface area contributed by atoms with Gasteiger partial charge in [-0.1, -0.05) is 19.9 Å². The molecule has 0 amide bonds. The Kier molecular flexibility index (Phi) is 8.20. The molecular formula is C35H41F2N5O3. The molecule has 0 spiro atoms. The lowest BCUT2D eigenvalue weighted by molar-refractivity contribution is 0.0512. The standard InChI is InChI=1S/C35H41F2N5O3/c1-4-25-28(36)10-9-23-16-24(45-21-43-3)17-26(29(23)25)31-30(37)32-27(18-38-31)33(41-13-5-8-22(2)19-41)40-34(39-32)44-20-35-11-6-14-42(35)15-7-12-35/h9-10,16-18,22H,4-8,11-15,19-21H2,1-3H3/t22-/m1/s1. The predicted octanol–water partition coefficient (Wildman–Crippen LogP) is 6.91. The Labute approximate surface area is 262 Å². The van der Waals surface area contributed by atoms with E-state index in [9.17, 15) is 0 Å². The van der Waals surface area contributed by atoms with Gasteiger partial charge in [-0.2, -0.15) is 9.97 Å². The van der Waals surface area contributed by atoms with Crippen molar-refractivity contribution in [1.82, 2.24) is 19.9 Å². The minimum atomic E-state index is -0.593. The number of benzene rings is 2. The van der Waals surface area contributed by atoms with Crippen LogP contribution >= 0.6 is 0 Å². The third kappa shape index (κ3) is 5.46. The van der Waals surface area contributed by atoms with Crippen molar-refractivity contribution in [3.63, 3.8) is 0 Å². The number of hydrogen-bond acceptors (Lipinski definition) is 8. The molecule has 0 radical (unpaired) electrons. The maximum absolute atomic E-state index is 17.0. The molecule has 238 valence electrons. The molecular weight excluding hydrogens is 576 g/mol. The van der Waals surface area contributed by atoms with Crippen LogP contribution in [0, 0.1) is 17.6 Å². The van der Waals surface area contributed by atoms with Crippen molar-refractivity contribution in [2.45, 2.75) is 64.3 Å². The molecule has 0 aliphatic carbocycles. The van der Waals surface area contributed by atoms with Crippen LogP contribution in [0.1, 0.15) is 57.9 Å². The number of fused-ring (bicyclic) bond motifs is 3. The molecule has 3 aliphatic rings. The average molecular weight is 618 g/mol. The highest BCUT2D eigenvalue weighted by molar-refractivity contribution is 6.01. The van der Waals surface area contributed by atoms with Crippen molar-refractivity contribution in [1.29, 1.82) is 0 Å². The first-order valence-corrected chi connectivity index (χ1v) is 16.3. The second-order valence-corrected chi connectivity index (χ2v) is 12.9. The van der Waals surface area contributed by atoms with Gasteiger partial charge >= 0.3 is 6.01 Å². The fourth-order valence-corrected chi connectivity index (χ4v) is 7.79. The Hall–Kier alpha value is -3.63. The molecule has 0 unspecified atom stereocenters. The summed E-state index contributed by atoms with van der Waals surface area (Å²) in [7, 11) is 1.54. The number of pyridine rings is 1. The maximum atomic E-state index is 17.0. The van der Waals surface area contributed by atoms with Crippen LogP contribution in [-0.2, 0) is 11.2 Å². The number of rotatable bonds is 9. The van der Waals surface area contributed by atoms with Crippen LogP contribution in [0.2, 0.25) is 0 Å². The Morgan fingerprint density at radius 2 is 1.84 bits per heavy atom. The van der Waals surface area contributed by atoms with E-state index < -0.39 is 5.82 Å². The average Bonchev–Trinajstić information content (AvgIpc) is 3.63. The van der Waals surface area contributed by atoms with Crippen LogP contribution in [0.3, 0.4) is 0 Å². The summed E-state index contributed by atoms with van der Waals surface area (Å²) in [5.41, 5.74) is 1.16.